The van der Waals surface area contributed by atoms with Gasteiger partial charge in [-0.1, -0.05) is 11.6 Å². The van der Waals surface area contributed by atoms with E-state index in [0.29, 0.717) is 5.56 Å². The van der Waals surface area contributed by atoms with E-state index in [1.54, 1.807) is 0 Å². The summed E-state index contributed by atoms with van der Waals surface area (Å²) in [6, 6.07) is 4.25. The largest absolute Gasteiger partial charge is 0.508 e. The van der Waals surface area contributed by atoms with Crippen LogP contribution in [0, 0.1) is 0 Å². The van der Waals surface area contributed by atoms with Crippen molar-refractivity contribution >= 4 is 29.0 Å². The van der Waals surface area contributed by atoms with Gasteiger partial charge in [0, 0.05) is 17.9 Å². The molecule has 0 aliphatic heterocycles. The van der Waals surface area contributed by atoms with Crippen molar-refractivity contribution in [3.8, 4) is 5.75 Å². The minimum Gasteiger partial charge on any atom is -0.508 e. The van der Waals surface area contributed by atoms with Gasteiger partial charge in [0.1, 0.15) is 5.75 Å². The molecule has 1 aromatic rings. The number of phenols is 1. The molecule has 0 radical (unpaired) electrons. The van der Waals surface area contributed by atoms with E-state index in [-0.39, 0.29) is 28.9 Å². The van der Waals surface area contributed by atoms with E-state index in [4.69, 9.17) is 28.3 Å². The van der Waals surface area contributed by atoms with Crippen molar-refractivity contribution in [2.45, 2.75) is 6.42 Å². The van der Waals surface area contributed by atoms with Crippen molar-refractivity contribution in [3.63, 3.8) is 0 Å². The summed E-state index contributed by atoms with van der Waals surface area (Å²) in [7, 11) is 0. The number of rotatable bonds is 3. The Balaban J connectivity index is 2.95. The Morgan fingerprint density at radius 3 is 2.69 bits per heavy atom. The molecule has 1 aromatic carbocycles. The van der Waals surface area contributed by atoms with Crippen LogP contribution < -0.4 is 0 Å². The monoisotopic (exact) mass is 218 g/mol. The molecular weight excluding hydrogens is 211 g/mol. The van der Waals surface area contributed by atoms with E-state index in [1.165, 1.54) is 18.2 Å². The molecule has 1 rings (SSSR count). The maximum Gasteiger partial charge on any atom is 0.165 e. The fourth-order valence-electron chi connectivity index (χ4n) is 0.951. The van der Waals surface area contributed by atoms with Gasteiger partial charge in [0.25, 0.3) is 0 Å². The van der Waals surface area contributed by atoms with Crippen LogP contribution in [0.1, 0.15) is 16.8 Å². The van der Waals surface area contributed by atoms with Crippen LogP contribution in [-0.4, -0.2) is 16.8 Å². The molecule has 1 N–H and O–H groups in total. The van der Waals surface area contributed by atoms with E-state index >= 15 is 0 Å². The number of hydrogen-bond acceptors (Lipinski definition) is 2. The second kappa shape index (κ2) is 4.49. The van der Waals surface area contributed by atoms with Gasteiger partial charge < -0.3 is 5.11 Å². The summed E-state index contributed by atoms with van der Waals surface area (Å²) < 4.78 is 0. The first-order chi connectivity index (χ1) is 6.15. The third-order valence-corrected chi connectivity index (χ3v) is 2.08. The number of halogens is 2. The number of phenolic OH excluding ortho intramolecular Hbond substituents is 1. The van der Waals surface area contributed by atoms with Gasteiger partial charge in [-0.15, -0.1) is 11.6 Å². The van der Waals surface area contributed by atoms with E-state index in [1.807, 2.05) is 0 Å². The van der Waals surface area contributed by atoms with Crippen molar-refractivity contribution in [3.05, 3.63) is 28.8 Å². The first-order valence-electron chi connectivity index (χ1n) is 3.73. The smallest absolute Gasteiger partial charge is 0.165 e. The molecule has 0 spiro atoms. The molecule has 4 heteroatoms. The number of alkyl halides is 1. The van der Waals surface area contributed by atoms with Crippen molar-refractivity contribution in [2.24, 2.45) is 0 Å². The summed E-state index contributed by atoms with van der Waals surface area (Å²) in [4.78, 5) is 11.3. The van der Waals surface area contributed by atoms with E-state index in [0.717, 1.165) is 0 Å². The van der Waals surface area contributed by atoms with E-state index < -0.39 is 0 Å². The van der Waals surface area contributed by atoms with Gasteiger partial charge in [-0.05, 0) is 18.2 Å². The lowest BCUT2D eigenvalue weighted by atomic mass is 10.1. The zero-order chi connectivity index (χ0) is 9.84. The highest BCUT2D eigenvalue weighted by Crippen LogP contribution is 2.22. The summed E-state index contributed by atoms with van der Waals surface area (Å²) >= 11 is 11.2. The lowest BCUT2D eigenvalue weighted by Crippen LogP contribution is -2.00. The Morgan fingerprint density at radius 1 is 1.46 bits per heavy atom. The van der Waals surface area contributed by atoms with Gasteiger partial charge in [-0.3, -0.25) is 4.79 Å². The number of aromatic hydroxyl groups is 1. The zero-order valence-corrected chi connectivity index (χ0v) is 8.27. The highest BCUT2D eigenvalue weighted by Gasteiger charge is 2.09. The van der Waals surface area contributed by atoms with Gasteiger partial charge in [-0.2, -0.15) is 0 Å². The number of Topliss-reactive ketones (excluding diaryl/α,β-unsaturated/α-hetero) is 1. The minimum absolute atomic E-state index is 0.0485. The Hall–Kier alpha value is -0.730. The average molecular weight is 219 g/mol. The highest BCUT2D eigenvalue weighted by atomic mass is 35.5. The van der Waals surface area contributed by atoms with Crippen molar-refractivity contribution < 1.29 is 9.90 Å². The van der Waals surface area contributed by atoms with Crippen molar-refractivity contribution in [1.82, 2.24) is 0 Å². The number of benzene rings is 1. The van der Waals surface area contributed by atoms with E-state index in [9.17, 15) is 4.79 Å². The standard InChI is InChI=1S/C9H8Cl2O2/c10-4-3-9(13)7-2-1-6(12)5-8(7)11/h1-2,5,12H,3-4H2. The van der Waals surface area contributed by atoms with Crippen molar-refractivity contribution in [1.29, 1.82) is 0 Å². The summed E-state index contributed by atoms with van der Waals surface area (Å²) in [5.74, 6) is 0.211. The maximum atomic E-state index is 11.3. The zero-order valence-electron chi connectivity index (χ0n) is 6.76. The number of hydrogen-bond donors (Lipinski definition) is 1. The molecule has 0 bridgehead atoms. The van der Waals surface area contributed by atoms with Crippen LogP contribution in [0.3, 0.4) is 0 Å². The predicted octanol–water partition coefficient (Wildman–Crippen LogP) is 2.86. The summed E-state index contributed by atoms with van der Waals surface area (Å²) in [6.45, 7) is 0. The van der Waals surface area contributed by atoms with Crippen LogP contribution in [0.4, 0.5) is 0 Å². The topological polar surface area (TPSA) is 37.3 Å². The first kappa shape index (κ1) is 10.4. The molecule has 13 heavy (non-hydrogen) atoms. The molecule has 2 nitrogen and oxygen atoms in total. The Labute approximate surface area is 86.1 Å². The van der Waals surface area contributed by atoms with E-state index in [2.05, 4.69) is 0 Å². The van der Waals surface area contributed by atoms with Crippen LogP contribution in [-0.2, 0) is 0 Å². The normalized spacial score (nSPS) is 10.0. The molecule has 0 amide bonds. The Kier molecular flexibility index (Phi) is 3.58. The summed E-state index contributed by atoms with van der Waals surface area (Å²) in [5, 5.41) is 9.29. The van der Waals surface area contributed by atoms with Crippen LogP contribution in [0.25, 0.3) is 0 Å². The number of carbonyl (C=O) groups excluding carboxylic acids is 1. The molecule has 0 heterocycles. The van der Waals surface area contributed by atoms with Gasteiger partial charge >= 0.3 is 0 Å². The van der Waals surface area contributed by atoms with Crippen molar-refractivity contribution in [2.75, 3.05) is 5.88 Å². The summed E-state index contributed by atoms with van der Waals surface area (Å²) in [6.07, 6.45) is 0.256. The van der Waals surface area contributed by atoms with Crippen LogP contribution in [0.5, 0.6) is 5.75 Å². The second-order valence-corrected chi connectivity index (χ2v) is 3.31. The maximum absolute atomic E-state index is 11.3. The molecule has 70 valence electrons. The predicted molar refractivity (Wildman–Crippen MR) is 52.8 cm³/mol. The molecule has 0 saturated heterocycles. The third kappa shape index (κ3) is 2.61. The fourth-order valence-corrected chi connectivity index (χ4v) is 1.40. The molecule has 0 saturated carbocycles. The Morgan fingerprint density at radius 2 is 2.15 bits per heavy atom. The molecule has 0 unspecified atom stereocenters. The highest BCUT2D eigenvalue weighted by molar-refractivity contribution is 6.34. The molecule has 0 aliphatic carbocycles. The first-order valence-corrected chi connectivity index (χ1v) is 4.64. The van der Waals surface area contributed by atoms with Crippen LogP contribution in [0.2, 0.25) is 5.02 Å². The fraction of sp³-hybridized carbons (Fsp3) is 0.222. The third-order valence-electron chi connectivity index (χ3n) is 1.57. The summed E-state index contributed by atoms with van der Waals surface area (Å²) in [5.41, 5.74) is 0.403. The van der Waals surface area contributed by atoms with Crippen LogP contribution >= 0.6 is 23.2 Å². The van der Waals surface area contributed by atoms with Gasteiger partial charge in [0.2, 0.25) is 0 Å². The molecule has 0 aliphatic rings. The number of carbonyl (C=O) groups is 1. The Bertz CT molecular complexity index is 323. The van der Waals surface area contributed by atoms with Gasteiger partial charge in [-0.25, -0.2) is 0 Å². The SMILES string of the molecule is O=C(CCCl)c1ccc(O)cc1Cl. The average Bonchev–Trinajstić information content (AvgIpc) is 2.04. The molecule has 0 fully saturated rings. The molecular formula is C9H8Cl2O2. The second-order valence-electron chi connectivity index (χ2n) is 2.53. The lowest BCUT2D eigenvalue weighted by molar-refractivity contribution is 0.0989. The number of ketones is 1. The molecule has 0 aromatic heterocycles. The minimum atomic E-state index is -0.111. The van der Waals surface area contributed by atoms with Gasteiger partial charge in [0.15, 0.2) is 5.78 Å². The van der Waals surface area contributed by atoms with Crippen LogP contribution in [0.15, 0.2) is 18.2 Å². The molecule has 0 atom stereocenters. The lowest BCUT2D eigenvalue weighted by Gasteiger charge is -2.01. The van der Waals surface area contributed by atoms with Gasteiger partial charge in [0.05, 0.1) is 5.02 Å². The quantitative estimate of drug-likeness (QED) is 0.626.